The quantitative estimate of drug-likeness (QED) is 0.629. The van der Waals surface area contributed by atoms with Crippen molar-refractivity contribution in [2.45, 2.75) is 31.1 Å². The van der Waals surface area contributed by atoms with Gasteiger partial charge in [0.1, 0.15) is 4.90 Å². The summed E-state index contributed by atoms with van der Waals surface area (Å²) in [6.07, 6.45) is 1.00. The SMILES string of the molecule is COc1c([N+](=O)[O-])cc(C(C)(C)C)cc1S(C)(=O)=O. The van der Waals surface area contributed by atoms with Gasteiger partial charge in [-0.05, 0) is 17.0 Å². The van der Waals surface area contributed by atoms with Gasteiger partial charge >= 0.3 is 5.69 Å². The van der Waals surface area contributed by atoms with E-state index >= 15 is 0 Å². The summed E-state index contributed by atoms with van der Waals surface area (Å²) in [5.74, 6) is -0.222. The molecule has 0 N–H and O–H groups in total. The van der Waals surface area contributed by atoms with Crippen LogP contribution in [0.1, 0.15) is 26.3 Å². The third-order valence-electron chi connectivity index (χ3n) is 2.70. The average Bonchev–Trinajstić information content (AvgIpc) is 2.24. The summed E-state index contributed by atoms with van der Waals surface area (Å²) in [5, 5.41) is 11.1. The monoisotopic (exact) mass is 287 g/mol. The van der Waals surface area contributed by atoms with Gasteiger partial charge in [-0.2, -0.15) is 0 Å². The van der Waals surface area contributed by atoms with Crippen molar-refractivity contribution in [3.05, 3.63) is 27.8 Å². The average molecular weight is 287 g/mol. The Bertz CT molecular complexity index is 614. The Kier molecular flexibility index (Phi) is 3.90. The number of nitro benzene ring substituents is 1. The first-order valence-corrected chi connectivity index (χ1v) is 7.44. The molecule has 0 bridgehead atoms. The highest BCUT2D eigenvalue weighted by molar-refractivity contribution is 7.90. The molecule has 0 aliphatic carbocycles. The molecule has 6 nitrogen and oxygen atoms in total. The minimum Gasteiger partial charge on any atom is -0.489 e. The molecule has 1 aromatic carbocycles. The Hall–Kier alpha value is -1.63. The van der Waals surface area contributed by atoms with Crippen LogP contribution < -0.4 is 4.74 Å². The number of methoxy groups -OCH3 is 1. The topological polar surface area (TPSA) is 86.5 Å². The lowest BCUT2D eigenvalue weighted by Crippen LogP contribution is -2.14. The van der Waals surface area contributed by atoms with Crippen molar-refractivity contribution in [1.82, 2.24) is 0 Å². The van der Waals surface area contributed by atoms with E-state index in [1.54, 1.807) is 0 Å². The normalized spacial score (nSPS) is 12.3. The number of rotatable bonds is 3. The summed E-state index contributed by atoms with van der Waals surface area (Å²) in [5.41, 5.74) is -0.174. The predicted molar refractivity (Wildman–Crippen MR) is 71.5 cm³/mol. The van der Waals surface area contributed by atoms with Crippen molar-refractivity contribution in [2.75, 3.05) is 13.4 Å². The van der Waals surface area contributed by atoms with Crippen molar-refractivity contribution in [1.29, 1.82) is 0 Å². The van der Waals surface area contributed by atoms with Crippen LogP contribution in [0.5, 0.6) is 5.75 Å². The fourth-order valence-electron chi connectivity index (χ4n) is 1.64. The molecule has 0 aliphatic heterocycles. The van der Waals surface area contributed by atoms with E-state index in [1.165, 1.54) is 19.2 Å². The van der Waals surface area contributed by atoms with Crippen LogP contribution in [0.2, 0.25) is 0 Å². The fourth-order valence-corrected chi connectivity index (χ4v) is 2.50. The molecule has 0 aromatic heterocycles. The predicted octanol–water partition coefficient (Wildman–Crippen LogP) is 2.30. The molecule has 0 spiro atoms. The smallest absolute Gasteiger partial charge is 0.312 e. The summed E-state index contributed by atoms with van der Waals surface area (Å²) in [7, 11) is -2.40. The number of benzene rings is 1. The third-order valence-corrected chi connectivity index (χ3v) is 3.80. The Labute approximate surface area is 112 Å². The Morgan fingerprint density at radius 3 is 2.11 bits per heavy atom. The van der Waals surface area contributed by atoms with Crippen LogP contribution in [0, 0.1) is 10.1 Å². The van der Waals surface area contributed by atoms with Crippen molar-refractivity contribution in [3.8, 4) is 5.75 Å². The van der Waals surface area contributed by atoms with E-state index in [1.807, 2.05) is 20.8 Å². The number of hydrogen-bond acceptors (Lipinski definition) is 5. The van der Waals surface area contributed by atoms with Gasteiger partial charge in [-0.3, -0.25) is 10.1 Å². The van der Waals surface area contributed by atoms with Gasteiger partial charge in [0.2, 0.25) is 5.75 Å². The molecule has 0 radical (unpaired) electrons. The zero-order valence-electron chi connectivity index (χ0n) is 11.6. The lowest BCUT2D eigenvalue weighted by molar-refractivity contribution is -0.386. The first-order chi connectivity index (χ1) is 8.48. The summed E-state index contributed by atoms with van der Waals surface area (Å²) in [6.45, 7) is 5.56. The van der Waals surface area contributed by atoms with E-state index in [2.05, 4.69) is 0 Å². The summed E-state index contributed by atoms with van der Waals surface area (Å²) in [4.78, 5) is 10.3. The maximum absolute atomic E-state index is 11.8. The fraction of sp³-hybridized carbons (Fsp3) is 0.500. The van der Waals surface area contributed by atoms with Crippen LogP contribution in [0.3, 0.4) is 0 Å². The Morgan fingerprint density at radius 2 is 1.79 bits per heavy atom. The van der Waals surface area contributed by atoms with Crippen LogP contribution >= 0.6 is 0 Å². The largest absolute Gasteiger partial charge is 0.489 e. The molecule has 0 unspecified atom stereocenters. The van der Waals surface area contributed by atoms with Gasteiger partial charge in [0.05, 0.1) is 12.0 Å². The van der Waals surface area contributed by atoms with Crippen LogP contribution in [0.25, 0.3) is 0 Å². The highest BCUT2D eigenvalue weighted by atomic mass is 32.2. The minimum absolute atomic E-state index is 0.158. The second-order valence-electron chi connectivity index (χ2n) is 5.31. The molecule has 0 saturated carbocycles. The van der Waals surface area contributed by atoms with Gasteiger partial charge < -0.3 is 4.74 Å². The van der Waals surface area contributed by atoms with Gasteiger partial charge in [0.15, 0.2) is 9.84 Å². The molecule has 1 rings (SSSR count). The zero-order valence-corrected chi connectivity index (χ0v) is 12.4. The Morgan fingerprint density at radius 1 is 1.26 bits per heavy atom. The summed E-state index contributed by atoms with van der Waals surface area (Å²) >= 11 is 0. The standard InChI is InChI=1S/C12H17NO5S/c1-12(2,3)8-6-9(13(14)15)11(18-4)10(7-8)19(5,16)17/h6-7H,1-5H3. The highest BCUT2D eigenvalue weighted by Crippen LogP contribution is 2.38. The molecular formula is C12H17NO5S. The van der Waals surface area contributed by atoms with E-state index < -0.39 is 20.2 Å². The second kappa shape index (κ2) is 4.80. The van der Waals surface area contributed by atoms with Crippen molar-refractivity contribution >= 4 is 15.5 Å². The Balaban J connectivity index is 3.80. The maximum Gasteiger partial charge on any atom is 0.312 e. The van der Waals surface area contributed by atoms with Gasteiger partial charge in [-0.15, -0.1) is 0 Å². The molecule has 0 heterocycles. The van der Waals surface area contributed by atoms with Gasteiger partial charge in [0, 0.05) is 12.3 Å². The van der Waals surface area contributed by atoms with E-state index in [-0.39, 0.29) is 16.3 Å². The van der Waals surface area contributed by atoms with Gasteiger partial charge in [-0.1, -0.05) is 20.8 Å². The second-order valence-corrected chi connectivity index (χ2v) is 7.29. The van der Waals surface area contributed by atoms with Gasteiger partial charge in [0.25, 0.3) is 0 Å². The van der Waals surface area contributed by atoms with Crippen molar-refractivity contribution in [3.63, 3.8) is 0 Å². The molecule has 0 amide bonds. The summed E-state index contributed by atoms with van der Waals surface area (Å²) in [6, 6.07) is 2.79. The molecule has 1 aromatic rings. The summed E-state index contributed by atoms with van der Waals surface area (Å²) < 4.78 is 28.4. The number of hydrogen-bond donors (Lipinski definition) is 0. The lowest BCUT2D eigenvalue weighted by atomic mass is 9.87. The number of ether oxygens (including phenoxy) is 1. The number of nitrogens with zero attached hydrogens (tertiary/aromatic N) is 1. The zero-order chi connectivity index (χ0) is 15.0. The molecule has 0 aliphatic rings. The molecule has 0 fully saturated rings. The van der Waals surface area contributed by atoms with Crippen LogP contribution in [0.15, 0.2) is 17.0 Å². The van der Waals surface area contributed by atoms with Crippen LogP contribution in [0.4, 0.5) is 5.69 Å². The molecule has 7 heteroatoms. The molecule has 19 heavy (non-hydrogen) atoms. The van der Waals surface area contributed by atoms with Crippen LogP contribution in [-0.4, -0.2) is 26.7 Å². The van der Waals surface area contributed by atoms with E-state index in [9.17, 15) is 18.5 Å². The van der Waals surface area contributed by atoms with Crippen molar-refractivity contribution in [2.24, 2.45) is 0 Å². The van der Waals surface area contributed by atoms with E-state index in [4.69, 9.17) is 4.74 Å². The lowest BCUT2D eigenvalue weighted by Gasteiger charge is -2.20. The van der Waals surface area contributed by atoms with Gasteiger partial charge in [-0.25, -0.2) is 8.42 Å². The number of sulfone groups is 1. The molecular weight excluding hydrogens is 270 g/mol. The first kappa shape index (κ1) is 15.4. The highest BCUT2D eigenvalue weighted by Gasteiger charge is 2.29. The minimum atomic E-state index is -3.61. The maximum atomic E-state index is 11.8. The molecule has 106 valence electrons. The van der Waals surface area contributed by atoms with E-state index in [0.29, 0.717) is 5.56 Å². The van der Waals surface area contributed by atoms with E-state index in [0.717, 1.165) is 6.26 Å². The van der Waals surface area contributed by atoms with Crippen molar-refractivity contribution < 1.29 is 18.1 Å². The van der Waals surface area contributed by atoms with Crippen LogP contribution in [-0.2, 0) is 15.3 Å². The number of nitro groups is 1. The third kappa shape index (κ3) is 3.23. The first-order valence-electron chi connectivity index (χ1n) is 5.55. The molecule has 0 saturated heterocycles. The molecule has 0 atom stereocenters.